The van der Waals surface area contributed by atoms with E-state index in [9.17, 15) is 4.79 Å². The summed E-state index contributed by atoms with van der Waals surface area (Å²) in [6.45, 7) is 2.24. The Balaban J connectivity index is 0.000000393. The van der Waals surface area contributed by atoms with Gasteiger partial charge in [0.25, 0.3) is 0 Å². The molecule has 0 saturated heterocycles. The molecular formula is C21H22N2O6S. The minimum absolute atomic E-state index is 0.245. The maximum Gasteiger partial charge on any atom is 0.344 e. The van der Waals surface area contributed by atoms with Crippen molar-refractivity contribution < 1.29 is 26.5 Å². The van der Waals surface area contributed by atoms with Gasteiger partial charge in [-0.25, -0.2) is 17.8 Å². The number of aryl methyl sites for hydroxylation is 3. The summed E-state index contributed by atoms with van der Waals surface area (Å²) in [6, 6.07) is 8.17. The Kier molecular flexibility index (Phi) is 5.35. The van der Waals surface area contributed by atoms with Crippen molar-refractivity contribution in [3.63, 3.8) is 0 Å². The molecule has 2 aromatic heterocycles. The van der Waals surface area contributed by atoms with Gasteiger partial charge in [-0.05, 0) is 43.4 Å². The van der Waals surface area contributed by atoms with Gasteiger partial charge in [-0.3, -0.25) is 4.55 Å². The van der Waals surface area contributed by atoms with Gasteiger partial charge in [-0.15, -0.1) is 0 Å². The molecule has 0 bridgehead atoms. The van der Waals surface area contributed by atoms with E-state index in [2.05, 4.69) is 11.0 Å². The van der Waals surface area contributed by atoms with Crippen LogP contribution in [0.4, 0.5) is 5.69 Å². The molecule has 0 fully saturated rings. The van der Waals surface area contributed by atoms with E-state index in [0.29, 0.717) is 5.56 Å². The molecule has 3 aromatic rings. The maximum atomic E-state index is 12.7. The van der Waals surface area contributed by atoms with Gasteiger partial charge in [0.15, 0.2) is 12.4 Å². The minimum atomic E-state index is -4.92. The first-order valence-corrected chi connectivity index (χ1v) is 11.1. The quantitative estimate of drug-likeness (QED) is 0.272. The summed E-state index contributed by atoms with van der Waals surface area (Å²) in [6.07, 6.45) is 8.36. The molecule has 30 heavy (non-hydrogen) atoms. The van der Waals surface area contributed by atoms with Crippen LogP contribution in [-0.4, -0.2) is 30.6 Å². The molecule has 4 heterocycles. The van der Waals surface area contributed by atoms with Crippen LogP contribution in [0.5, 0.6) is 0 Å². The normalized spacial score (nSPS) is 15.4. The first kappa shape index (κ1) is 20.5. The molecular weight excluding hydrogens is 408 g/mol. The van der Waals surface area contributed by atoms with Crippen LogP contribution in [0.3, 0.4) is 0 Å². The SMILES string of the molecule is C[n+]1ccc(-c2cc3cc4c5c(c3oc2=O)CCCN5CCC4)cc1.O=S(=O)([O-])O. The molecule has 0 atom stereocenters. The van der Waals surface area contributed by atoms with Crippen molar-refractivity contribution in [3.8, 4) is 11.1 Å². The highest BCUT2D eigenvalue weighted by Crippen LogP contribution is 2.40. The van der Waals surface area contributed by atoms with E-state index in [-0.39, 0.29) is 5.63 Å². The molecule has 0 spiro atoms. The van der Waals surface area contributed by atoms with Gasteiger partial charge in [-0.1, -0.05) is 0 Å². The molecule has 0 saturated carbocycles. The Morgan fingerprint density at radius 1 is 1.13 bits per heavy atom. The van der Waals surface area contributed by atoms with E-state index in [1.165, 1.54) is 23.2 Å². The molecule has 158 valence electrons. The summed E-state index contributed by atoms with van der Waals surface area (Å²) >= 11 is 0. The average Bonchev–Trinajstić information content (AvgIpc) is 2.68. The number of aromatic nitrogens is 1. The lowest BCUT2D eigenvalue weighted by Gasteiger charge is -2.37. The molecule has 9 heteroatoms. The molecule has 1 N–H and O–H groups in total. The molecule has 1 aromatic carbocycles. The second-order valence-electron chi connectivity index (χ2n) is 7.60. The first-order valence-electron chi connectivity index (χ1n) is 9.72. The van der Waals surface area contributed by atoms with Crippen molar-refractivity contribution in [2.45, 2.75) is 25.7 Å². The van der Waals surface area contributed by atoms with Crippen LogP contribution in [0, 0.1) is 0 Å². The molecule has 8 nitrogen and oxygen atoms in total. The van der Waals surface area contributed by atoms with Gasteiger partial charge in [-0.2, -0.15) is 0 Å². The van der Waals surface area contributed by atoms with Gasteiger partial charge < -0.3 is 13.9 Å². The summed E-state index contributed by atoms with van der Waals surface area (Å²) in [5, 5.41) is 1.06. The fourth-order valence-electron chi connectivity index (χ4n) is 4.33. The summed E-state index contributed by atoms with van der Waals surface area (Å²) in [7, 11) is -2.95. The first-order chi connectivity index (χ1) is 14.2. The Hall–Kier alpha value is -2.75. The van der Waals surface area contributed by atoms with Crippen LogP contribution in [0.2, 0.25) is 0 Å². The molecule has 2 aliphatic heterocycles. The number of hydrogen-bond donors (Lipinski definition) is 1. The van der Waals surface area contributed by atoms with E-state index in [1.807, 2.05) is 42.2 Å². The highest BCUT2D eigenvalue weighted by Gasteiger charge is 2.27. The molecule has 2 aliphatic rings. The number of hydrogen-bond acceptors (Lipinski definition) is 6. The van der Waals surface area contributed by atoms with E-state index in [4.69, 9.17) is 21.9 Å². The predicted octanol–water partition coefficient (Wildman–Crippen LogP) is 1.99. The topological polar surface area (TPSA) is 115 Å². The Morgan fingerprint density at radius 2 is 1.77 bits per heavy atom. The summed E-state index contributed by atoms with van der Waals surface area (Å²) in [5.41, 5.74) is 6.08. The number of anilines is 1. The number of rotatable bonds is 1. The highest BCUT2D eigenvalue weighted by atomic mass is 32.3. The van der Waals surface area contributed by atoms with E-state index in [1.54, 1.807) is 0 Å². The molecule has 0 amide bonds. The Labute approximate surface area is 174 Å². The molecule has 0 unspecified atom stereocenters. The lowest BCUT2D eigenvalue weighted by molar-refractivity contribution is -0.671. The van der Waals surface area contributed by atoms with Crippen LogP contribution in [0.15, 0.2) is 45.9 Å². The third-order valence-electron chi connectivity index (χ3n) is 5.51. The van der Waals surface area contributed by atoms with Crippen LogP contribution in [0.25, 0.3) is 22.1 Å². The predicted molar refractivity (Wildman–Crippen MR) is 110 cm³/mol. The largest absolute Gasteiger partial charge is 0.726 e. The smallest absolute Gasteiger partial charge is 0.344 e. The van der Waals surface area contributed by atoms with Gasteiger partial charge >= 0.3 is 5.63 Å². The van der Waals surface area contributed by atoms with Crippen molar-refractivity contribution in [1.29, 1.82) is 0 Å². The zero-order valence-corrected chi connectivity index (χ0v) is 17.3. The van der Waals surface area contributed by atoms with Crippen LogP contribution >= 0.6 is 0 Å². The van der Waals surface area contributed by atoms with Gasteiger partial charge in [0.1, 0.15) is 12.6 Å². The van der Waals surface area contributed by atoms with Crippen LogP contribution in [-0.2, 0) is 30.3 Å². The monoisotopic (exact) mass is 430 g/mol. The van der Waals surface area contributed by atoms with Crippen molar-refractivity contribution in [2.24, 2.45) is 7.05 Å². The molecule has 0 radical (unpaired) electrons. The van der Waals surface area contributed by atoms with Crippen molar-refractivity contribution in [3.05, 3.63) is 58.2 Å². The Morgan fingerprint density at radius 3 is 2.43 bits per heavy atom. The minimum Gasteiger partial charge on any atom is -0.726 e. The van der Waals surface area contributed by atoms with Crippen molar-refractivity contribution >= 4 is 27.1 Å². The van der Waals surface area contributed by atoms with Gasteiger partial charge in [0, 0.05) is 47.4 Å². The Bertz CT molecular complexity index is 1260. The zero-order chi connectivity index (χ0) is 21.5. The average molecular weight is 430 g/mol. The van der Waals surface area contributed by atoms with E-state index >= 15 is 0 Å². The van der Waals surface area contributed by atoms with Crippen LogP contribution < -0.4 is 15.1 Å². The zero-order valence-electron chi connectivity index (χ0n) is 16.5. The highest BCUT2D eigenvalue weighted by molar-refractivity contribution is 7.79. The lowest BCUT2D eigenvalue weighted by Crippen LogP contribution is -2.34. The summed E-state index contributed by atoms with van der Waals surface area (Å²) in [4.78, 5) is 15.1. The maximum absolute atomic E-state index is 12.7. The number of pyridine rings is 1. The van der Waals surface area contributed by atoms with Crippen molar-refractivity contribution in [2.75, 3.05) is 18.0 Å². The third-order valence-corrected chi connectivity index (χ3v) is 5.51. The summed E-state index contributed by atoms with van der Waals surface area (Å²) < 4.78 is 40.7. The second-order valence-corrected chi connectivity index (χ2v) is 8.46. The molecule has 5 rings (SSSR count). The fourth-order valence-corrected chi connectivity index (χ4v) is 4.33. The van der Waals surface area contributed by atoms with Crippen molar-refractivity contribution in [1.82, 2.24) is 0 Å². The lowest BCUT2D eigenvalue weighted by atomic mass is 9.89. The van der Waals surface area contributed by atoms with Gasteiger partial charge in [0.2, 0.25) is 10.4 Å². The third kappa shape index (κ3) is 4.23. The standard InChI is InChI=1S/C21H21N2O2.H2O4S/c1-22-10-6-14(7-11-22)18-13-16-12-15-4-2-8-23-9-3-5-17(19(15)23)20(16)25-21(18)24;1-5(2,3)4/h6-7,10-13H,2-5,8-9H2,1H3;(H2,1,2,3,4)/q+1;/p-1. The molecule has 0 aliphatic carbocycles. The number of benzene rings is 1. The van der Waals surface area contributed by atoms with E-state index < -0.39 is 10.4 Å². The van der Waals surface area contributed by atoms with Gasteiger partial charge in [0.05, 0.1) is 5.56 Å². The fraction of sp³-hybridized carbons (Fsp3) is 0.333. The number of nitrogens with zero attached hydrogens (tertiary/aromatic N) is 2. The van der Waals surface area contributed by atoms with E-state index in [0.717, 1.165) is 48.9 Å². The summed E-state index contributed by atoms with van der Waals surface area (Å²) in [5.74, 6) is 0. The number of fused-ring (bicyclic) bond motifs is 2. The second kappa shape index (κ2) is 7.82. The van der Waals surface area contributed by atoms with Crippen LogP contribution in [0.1, 0.15) is 24.0 Å².